The highest BCUT2D eigenvalue weighted by molar-refractivity contribution is 5.79. The van der Waals surface area contributed by atoms with Crippen LogP contribution in [0.5, 0.6) is 0 Å². The maximum absolute atomic E-state index is 13.7. The first kappa shape index (κ1) is 23.2. The number of aromatic nitrogens is 2. The van der Waals surface area contributed by atoms with E-state index in [-0.39, 0.29) is 17.5 Å². The Morgan fingerprint density at radius 3 is 2.55 bits per heavy atom. The molecule has 3 aromatic rings. The van der Waals surface area contributed by atoms with E-state index in [1.807, 2.05) is 67.3 Å². The Morgan fingerprint density at radius 2 is 1.82 bits per heavy atom. The molecule has 1 saturated carbocycles. The van der Waals surface area contributed by atoms with Crippen LogP contribution in [0.4, 0.5) is 0 Å². The number of benzene rings is 2. The number of carbonyl (C=O) groups excluding carboxylic acids is 1. The van der Waals surface area contributed by atoms with Crippen LogP contribution >= 0.6 is 0 Å². The average Bonchev–Trinajstić information content (AvgIpc) is 3.35. The largest absolute Gasteiger partial charge is 0.333 e. The Bertz CT molecular complexity index is 1180. The van der Waals surface area contributed by atoms with Gasteiger partial charge in [-0.1, -0.05) is 62.9 Å². The van der Waals surface area contributed by atoms with Crippen molar-refractivity contribution in [2.24, 2.45) is 5.92 Å². The summed E-state index contributed by atoms with van der Waals surface area (Å²) in [5.74, 6) is 1.46. The quantitative estimate of drug-likeness (QED) is 0.430. The van der Waals surface area contributed by atoms with E-state index in [1.165, 1.54) is 25.7 Å². The van der Waals surface area contributed by atoms with Crippen LogP contribution < -0.4 is 5.56 Å². The van der Waals surface area contributed by atoms with E-state index < -0.39 is 0 Å². The van der Waals surface area contributed by atoms with E-state index in [1.54, 1.807) is 4.57 Å². The number of para-hydroxylation sites is 2. The Kier molecular flexibility index (Phi) is 7.26. The van der Waals surface area contributed by atoms with Crippen LogP contribution in [0.25, 0.3) is 16.6 Å². The van der Waals surface area contributed by atoms with Crippen molar-refractivity contribution in [2.45, 2.75) is 71.8 Å². The molecule has 0 N–H and O–H groups in total. The molecule has 2 aromatic carbocycles. The Hall–Kier alpha value is -2.95. The third-order valence-corrected chi connectivity index (χ3v) is 7.03. The number of fused-ring (bicyclic) bond motifs is 1. The van der Waals surface area contributed by atoms with E-state index in [2.05, 4.69) is 6.92 Å². The molecular formula is C28H35N3O2. The summed E-state index contributed by atoms with van der Waals surface area (Å²) < 4.78 is 1.72. The zero-order valence-corrected chi connectivity index (χ0v) is 20.1. The van der Waals surface area contributed by atoms with Crippen molar-refractivity contribution in [1.82, 2.24) is 14.5 Å². The molecule has 1 aromatic heterocycles. The molecule has 174 valence electrons. The van der Waals surface area contributed by atoms with Gasteiger partial charge >= 0.3 is 0 Å². The molecule has 0 radical (unpaired) electrons. The molecule has 0 saturated heterocycles. The Morgan fingerprint density at radius 1 is 1.12 bits per heavy atom. The average molecular weight is 446 g/mol. The van der Waals surface area contributed by atoms with Gasteiger partial charge in [0, 0.05) is 13.0 Å². The van der Waals surface area contributed by atoms with Crippen molar-refractivity contribution in [1.29, 1.82) is 0 Å². The van der Waals surface area contributed by atoms with Crippen molar-refractivity contribution in [3.63, 3.8) is 0 Å². The van der Waals surface area contributed by atoms with E-state index >= 15 is 0 Å². The van der Waals surface area contributed by atoms with Crippen LogP contribution in [0.2, 0.25) is 0 Å². The SMILES string of the molecule is CCCN(C(=O)CCC1CCCC1)C(C)c1nc2ccccc2c(=O)n1-c1ccccc1C. The molecule has 1 aliphatic carbocycles. The fraction of sp³-hybridized carbons (Fsp3) is 0.464. The van der Waals surface area contributed by atoms with Gasteiger partial charge in [0.05, 0.1) is 22.6 Å². The Balaban J connectivity index is 1.77. The highest BCUT2D eigenvalue weighted by Gasteiger charge is 2.27. The lowest BCUT2D eigenvalue weighted by molar-refractivity contribution is -0.134. The molecule has 33 heavy (non-hydrogen) atoms. The summed E-state index contributed by atoms with van der Waals surface area (Å²) in [5, 5.41) is 0.589. The maximum Gasteiger partial charge on any atom is 0.266 e. The number of amides is 1. The third-order valence-electron chi connectivity index (χ3n) is 7.03. The number of hydrogen-bond acceptors (Lipinski definition) is 3. The van der Waals surface area contributed by atoms with Gasteiger partial charge in [0.1, 0.15) is 5.82 Å². The molecule has 1 atom stereocenters. The van der Waals surface area contributed by atoms with Gasteiger partial charge < -0.3 is 4.90 Å². The van der Waals surface area contributed by atoms with Crippen molar-refractivity contribution >= 4 is 16.8 Å². The van der Waals surface area contributed by atoms with Crippen LogP contribution in [-0.2, 0) is 4.79 Å². The van der Waals surface area contributed by atoms with Gasteiger partial charge in [-0.25, -0.2) is 4.98 Å². The molecule has 5 heteroatoms. The zero-order valence-electron chi connectivity index (χ0n) is 20.1. The lowest BCUT2D eigenvalue weighted by atomic mass is 10.0. The predicted molar refractivity (Wildman–Crippen MR) is 134 cm³/mol. The smallest absolute Gasteiger partial charge is 0.266 e. The van der Waals surface area contributed by atoms with Gasteiger partial charge in [0.15, 0.2) is 0 Å². The molecule has 0 bridgehead atoms. The molecule has 1 fully saturated rings. The second kappa shape index (κ2) is 10.3. The predicted octanol–water partition coefficient (Wildman–Crippen LogP) is 5.96. The first-order valence-corrected chi connectivity index (χ1v) is 12.4. The van der Waals surface area contributed by atoms with Crippen LogP contribution in [0.15, 0.2) is 53.3 Å². The minimum Gasteiger partial charge on any atom is -0.333 e. The maximum atomic E-state index is 13.7. The molecule has 0 spiro atoms. The number of nitrogens with zero attached hydrogens (tertiary/aromatic N) is 3. The molecule has 1 unspecified atom stereocenters. The zero-order chi connectivity index (χ0) is 23.4. The minimum absolute atomic E-state index is 0.0911. The summed E-state index contributed by atoms with van der Waals surface area (Å²) in [6, 6.07) is 15.0. The van der Waals surface area contributed by atoms with Crippen LogP contribution in [0.1, 0.15) is 76.2 Å². The molecule has 5 nitrogen and oxygen atoms in total. The molecule has 4 rings (SSSR count). The number of hydrogen-bond donors (Lipinski definition) is 0. The van der Waals surface area contributed by atoms with Gasteiger partial charge in [-0.2, -0.15) is 0 Å². The highest BCUT2D eigenvalue weighted by atomic mass is 16.2. The normalized spacial score (nSPS) is 15.1. The number of rotatable bonds is 8. The first-order valence-electron chi connectivity index (χ1n) is 12.4. The first-order chi connectivity index (χ1) is 16.0. The molecule has 1 aliphatic rings. The molecule has 1 amide bonds. The van der Waals surface area contributed by atoms with Crippen LogP contribution in [0.3, 0.4) is 0 Å². The fourth-order valence-corrected chi connectivity index (χ4v) is 5.16. The van der Waals surface area contributed by atoms with Gasteiger partial charge in [0.2, 0.25) is 5.91 Å². The van der Waals surface area contributed by atoms with Crippen molar-refractivity contribution in [2.75, 3.05) is 6.54 Å². The van der Waals surface area contributed by atoms with Crippen LogP contribution in [-0.4, -0.2) is 26.9 Å². The van der Waals surface area contributed by atoms with E-state index in [9.17, 15) is 9.59 Å². The second-order valence-corrected chi connectivity index (χ2v) is 9.37. The summed E-state index contributed by atoms with van der Waals surface area (Å²) >= 11 is 0. The van der Waals surface area contributed by atoms with Crippen molar-refractivity contribution in [3.05, 3.63) is 70.3 Å². The summed E-state index contributed by atoms with van der Waals surface area (Å²) in [5.41, 5.74) is 2.40. The highest BCUT2D eigenvalue weighted by Crippen LogP contribution is 2.30. The summed E-state index contributed by atoms with van der Waals surface area (Å²) in [7, 11) is 0. The van der Waals surface area contributed by atoms with Crippen molar-refractivity contribution in [3.8, 4) is 5.69 Å². The van der Waals surface area contributed by atoms with Crippen molar-refractivity contribution < 1.29 is 4.79 Å². The Labute approximate surface area is 196 Å². The second-order valence-electron chi connectivity index (χ2n) is 9.37. The number of aryl methyl sites for hydroxylation is 1. The van der Waals surface area contributed by atoms with Gasteiger partial charge in [-0.15, -0.1) is 0 Å². The monoisotopic (exact) mass is 445 g/mol. The lowest BCUT2D eigenvalue weighted by Gasteiger charge is -2.31. The van der Waals surface area contributed by atoms with E-state index in [4.69, 9.17) is 4.98 Å². The van der Waals surface area contributed by atoms with E-state index in [0.717, 1.165) is 24.1 Å². The fourth-order valence-electron chi connectivity index (χ4n) is 5.16. The van der Waals surface area contributed by atoms with Gasteiger partial charge in [-0.3, -0.25) is 14.2 Å². The van der Waals surface area contributed by atoms with E-state index in [0.29, 0.717) is 35.6 Å². The standard InChI is InChI=1S/C28H35N3O2/c1-4-19-30(26(32)18-17-22-12-6-7-13-22)21(3)27-29-24-15-9-8-14-23(24)28(33)31(27)25-16-10-5-11-20(25)2/h5,8-11,14-16,21-22H,4,6-7,12-13,17-19H2,1-3H3. The molecular weight excluding hydrogens is 410 g/mol. The van der Waals surface area contributed by atoms with Crippen LogP contribution in [0, 0.1) is 12.8 Å². The molecule has 1 heterocycles. The summed E-state index contributed by atoms with van der Waals surface area (Å²) in [4.78, 5) is 33.9. The summed E-state index contributed by atoms with van der Waals surface area (Å²) in [6.45, 7) is 6.75. The van der Waals surface area contributed by atoms with Gasteiger partial charge in [0.25, 0.3) is 5.56 Å². The van der Waals surface area contributed by atoms with Gasteiger partial charge in [-0.05, 0) is 56.4 Å². The topological polar surface area (TPSA) is 55.2 Å². The number of carbonyl (C=O) groups is 1. The lowest BCUT2D eigenvalue weighted by Crippen LogP contribution is -2.38. The third kappa shape index (κ3) is 4.87. The molecule has 0 aliphatic heterocycles. The minimum atomic E-state index is -0.307. The summed E-state index contributed by atoms with van der Waals surface area (Å²) in [6.07, 6.45) is 7.46.